The van der Waals surface area contributed by atoms with Crippen LogP contribution in [0.5, 0.6) is 5.75 Å². The summed E-state index contributed by atoms with van der Waals surface area (Å²) >= 11 is 0. The number of benzene rings is 1. The van der Waals surface area contributed by atoms with Gasteiger partial charge in [0.05, 0.1) is 0 Å². The largest absolute Gasteiger partial charge is 0.508 e. The summed E-state index contributed by atoms with van der Waals surface area (Å²) in [5.74, 6) is -0.396. The molecule has 4 heteroatoms. The number of likely N-dealkylation sites (N-methyl/N-ethyl adjacent to an activating group) is 1. The first-order valence-electron chi connectivity index (χ1n) is 5.08. The lowest BCUT2D eigenvalue weighted by Gasteiger charge is -2.34. The van der Waals surface area contributed by atoms with Crippen molar-refractivity contribution in [2.45, 2.75) is 0 Å². The molecule has 1 N–H and O–H groups in total. The quantitative estimate of drug-likeness (QED) is 0.756. The van der Waals surface area contributed by atoms with Gasteiger partial charge in [0.15, 0.2) is 0 Å². The zero-order valence-corrected chi connectivity index (χ0v) is 8.78. The topological polar surface area (TPSA) is 26.7 Å². The number of phenols is 1. The molecule has 2 rings (SSSR count). The van der Waals surface area contributed by atoms with E-state index >= 15 is 0 Å². The average Bonchev–Trinajstić information content (AvgIpc) is 2.17. The Labute approximate surface area is 88.7 Å². The Morgan fingerprint density at radius 1 is 1.13 bits per heavy atom. The van der Waals surface area contributed by atoms with E-state index in [2.05, 4.69) is 16.8 Å². The van der Waals surface area contributed by atoms with Gasteiger partial charge in [-0.05, 0) is 13.1 Å². The minimum Gasteiger partial charge on any atom is -0.508 e. The number of nitrogens with zero attached hydrogens (tertiary/aromatic N) is 2. The van der Waals surface area contributed by atoms with E-state index in [1.807, 2.05) is 0 Å². The second-order valence-electron chi connectivity index (χ2n) is 3.96. The zero-order valence-electron chi connectivity index (χ0n) is 8.78. The van der Waals surface area contributed by atoms with Crippen molar-refractivity contribution in [1.82, 2.24) is 4.90 Å². The van der Waals surface area contributed by atoms with Gasteiger partial charge >= 0.3 is 0 Å². The molecule has 0 aliphatic carbocycles. The lowest BCUT2D eigenvalue weighted by atomic mass is 10.2. The van der Waals surface area contributed by atoms with E-state index < -0.39 is 0 Å². The highest BCUT2D eigenvalue weighted by Gasteiger charge is 2.15. The Hall–Kier alpha value is -1.29. The minimum atomic E-state index is -0.385. The Bertz CT molecular complexity index is 328. The van der Waals surface area contributed by atoms with Crippen molar-refractivity contribution in [3.05, 3.63) is 24.0 Å². The Morgan fingerprint density at radius 3 is 2.40 bits per heavy atom. The van der Waals surface area contributed by atoms with Crippen molar-refractivity contribution in [2.24, 2.45) is 0 Å². The molecule has 82 valence electrons. The Balaban J connectivity index is 2.15. The van der Waals surface area contributed by atoms with Crippen LogP contribution in [0, 0.1) is 5.82 Å². The van der Waals surface area contributed by atoms with Crippen LogP contribution in [0.1, 0.15) is 0 Å². The van der Waals surface area contributed by atoms with Gasteiger partial charge in [-0.15, -0.1) is 0 Å². The number of halogens is 1. The molecule has 0 unspecified atom stereocenters. The molecule has 1 aliphatic rings. The summed E-state index contributed by atoms with van der Waals surface area (Å²) in [7, 11) is 2.07. The third-order valence-electron chi connectivity index (χ3n) is 2.74. The van der Waals surface area contributed by atoms with Gasteiger partial charge in [-0.2, -0.15) is 0 Å². The molecule has 0 bridgehead atoms. The maximum absolute atomic E-state index is 13.1. The van der Waals surface area contributed by atoms with Crippen molar-refractivity contribution in [3.63, 3.8) is 0 Å². The van der Waals surface area contributed by atoms with Crippen LogP contribution in [-0.2, 0) is 0 Å². The second-order valence-corrected chi connectivity index (χ2v) is 3.96. The number of hydrogen-bond acceptors (Lipinski definition) is 3. The summed E-state index contributed by atoms with van der Waals surface area (Å²) < 4.78 is 13.1. The van der Waals surface area contributed by atoms with Gasteiger partial charge in [-0.25, -0.2) is 4.39 Å². The third-order valence-corrected chi connectivity index (χ3v) is 2.74. The second kappa shape index (κ2) is 4.06. The molecular formula is C11H15FN2O. The van der Waals surface area contributed by atoms with Crippen molar-refractivity contribution >= 4 is 5.69 Å². The molecule has 15 heavy (non-hydrogen) atoms. The van der Waals surface area contributed by atoms with Crippen LogP contribution in [0.3, 0.4) is 0 Å². The van der Waals surface area contributed by atoms with Gasteiger partial charge in [0.2, 0.25) is 0 Å². The SMILES string of the molecule is CN1CCN(c2cc(O)cc(F)c2)CC1. The maximum atomic E-state index is 13.1. The van der Waals surface area contributed by atoms with Crippen LogP contribution in [0.2, 0.25) is 0 Å². The van der Waals surface area contributed by atoms with E-state index in [1.165, 1.54) is 6.07 Å². The monoisotopic (exact) mass is 210 g/mol. The molecule has 0 aromatic heterocycles. The van der Waals surface area contributed by atoms with Crippen molar-refractivity contribution in [3.8, 4) is 5.75 Å². The Kier molecular flexibility index (Phi) is 2.77. The first-order chi connectivity index (χ1) is 7.15. The number of piperazine rings is 1. The maximum Gasteiger partial charge on any atom is 0.128 e. The molecule has 0 spiro atoms. The fraction of sp³-hybridized carbons (Fsp3) is 0.455. The van der Waals surface area contributed by atoms with Gasteiger partial charge in [0.1, 0.15) is 11.6 Å². The number of phenolic OH excluding ortho intramolecular Hbond substituents is 1. The Morgan fingerprint density at radius 2 is 1.80 bits per heavy atom. The van der Waals surface area contributed by atoms with E-state index in [1.54, 1.807) is 6.07 Å². The summed E-state index contributed by atoms with van der Waals surface area (Å²) in [6, 6.07) is 4.19. The van der Waals surface area contributed by atoms with Crippen LogP contribution < -0.4 is 4.90 Å². The molecule has 0 saturated carbocycles. The summed E-state index contributed by atoms with van der Waals surface area (Å²) in [4.78, 5) is 4.32. The number of rotatable bonds is 1. The third kappa shape index (κ3) is 2.39. The molecule has 0 radical (unpaired) electrons. The highest BCUT2D eigenvalue weighted by Crippen LogP contribution is 2.23. The predicted octanol–water partition coefficient (Wildman–Crippen LogP) is 1.28. The van der Waals surface area contributed by atoms with Crippen molar-refractivity contribution in [2.75, 3.05) is 38.1 Å². The summed E-state index contributed by atoms with van der Waals surface area (Å²) in [5, 5.41) is 9.30. The first-order valence-corrected chi connectivity index (χ1v) is 5.08. The van der Waals surface area contributed by atoms with Crippen molar-refractivity contribution < 1.29 is 9.50 Å². The van der Waals surface area contributed by atoms with Gasteiger partial charge in [0.25, 0.3) is 0 Å². The zero-order chi connectivity index (χ0) is 10.8. The average molecular weight is 210 g/mol. The lowest BCUT2D eigenvalue weighted by molar-refractivity contribution is 0.312. The van der Waals surface area contributed by atoms with Gasteiger partial charge in [0, 0.05) is 44.0 Å². The fourth-order valence-corrected chi connectivity index (χ4v) is 1.81. The van der Waals surface area contributed by atoms with Crippen LogP contribution in [0.4, 0.5) is 10.1 Å². The normalized spacial score (nSPS) is 18.1. The predicted molar refractivity (Wildman–Crippen MR) is 57.8 cm³/mol. The first kappa shape index (κ1) is 10.2. The van der Waals surface area contributed by atoms with Gasteiger partial charge < -0.3 is 14.9 Å². The summed E-state index contributed by atoms with van der Waals surface area (Å²) in [5.41, 5.74) is 0.764. The van der Waals surface area contributed by atoms with Crippen LogP contribution in [0.25, 0.3) is 0 Å². The molecule has 3 nitrogen and oxygen atoms in total. The molecular weight excluding hydrogens is 195 g/mol. The number of aromatic hydroxyl groups is 1. The van der Waals surface area contributed by atoms with E-state index in [-0.39, 0.29) is 11.6 Å². The van der Waals surface area contributed by atoms with E-state index in [4.69, 9.17) is 0 Å². The summed E-state index contributed by atoms with van der Waals surface area (Å²) in [6.07, 6.45) is 0. The standard InChI is InChI=1S/C11H15FN2O/c1-13-2-4-14(5-3-13)10-6-9(12)7-11(15)8-10/h6-8,15H,2-5H2,1H3. The molecule has 0 atom stereocenters. The molecule has 1 heterocycles. The van der Waals surface area contributed by atoms with Gasteiger partial charge in [-0.3, -0.25) is 0 Å². The molecule has 1 aromatic carbocycles. The van der Waals surface area contributed by atoms with Crippen LogP contribution in [0.15, 0.2) is 18.2 Å². The van der Waals surface area contributed by atoms with Crippen molar-refractivity contribution in [1.29, 1.82) is 0 Å². The number of anilines is 1. The minimum absolute atomic E-state index is 0.0103. The van der Waals surface area contributed by atoms with E-state index in [0.29, 0.717) is 0 Å². The smallest absolute Gasteiger partial charge is 0.128 e. The van der Waals surface area contributed by atoms with E-state index in [9.17, 15) is 9.50 Å². The molecule has 1 aliphatic heterocycles. The summed E-state index contributed by atoms with van der Waals surface area (Å²) in [6.45, 7) is 3.69. The number of hydrogen-bond donors (Lipinski definition) is 1. The molecule has 1 saturated heterocycles. The molecule has 1 fully saturated rings. The fourth-order valence-electron chi connectivity index (χ4n) is 1.81. The van der Waals surface area contributed by atoms with Crippen LogP contribution in [-0.4, -0.2) is 43.2 Å². The van der Waals surface area contributed by atoms with E-state index in [0.717, 1.165) is 37.9 Å². The lowest BCUT2D eigenvalue weighted by Crippen LogP contribution is -2.44. The van der Waals surface area contributed by atoms with Gasteiger partial charge in [-0.1, -0.05) is 0 Å². The molecule has 1 aromatic rings. The molecule has 0 amide bonds. The van der Waals surface area contributed by atoms with Crippen LogP contribution >= 0.6 is 0 Å². The highest BCUT2D eigenvalue weighted by atomic mass is 19.1. The highest BCUT2D eigenvalue weighted by molar-refractivity contribution is 5.51.